The van der Waals surface area contributed by atoms with E-state index in [9.17, 15) is 0 Å². The number of aromatic nitrogens is 4. The Labute approximate surface area is 286 Å². The number of rotatable bonds is 5. The Morgan fingerprint density at radius 2 is 1.04 bits per heavy atom. The molecule has 234 valence electrons. The Hall–Kier alpha value is -5.87. The number of hydrogen-bond acceptors (Lipinski definition) is 0. The first-order valence-corrected chi connectivity index (χ1v) is 17.4. The van der Waals surface area contributed by atoms with Crippen LogP contribution in [0, 0.1) is 5.92 Å². The molecular weight excluding hydrogens is 597 g/mol. The molecule has 4 aromatic carbocycles. The van der Waals surface area contributed by atoms with Crippen molar-refractivity contribution in [1.82, 2.24) is 4.57 Å². The van der Waals surface area contributed by atoms with Gasteiger partial charge in [0.1, 0.15) is 5.56 Å². The molecule has 0 spiro atoms. The minimum absolute atomic E-state index is 0.00904. The van der Waals surface area contributed by atoms with Crippen molar-refractivity contribution in [1.29, 1.82) is 0 Å². The van der Waals surface area contributed by atoms with Gasteiger partial charge in [-0.05, 0) is 60.5 Å². The fourth-order valence-electron chi connectivity index (χ4n) is 8.65. The Bertz CT molecular complexity index is 2500. The molecule has 2 unspecified atom stereocenters. The molecule has 2 atom stereocenters. The van der Waals surface area contributed by atoms with E-state index in [1.54, 1.807) is 0 Å². The molecular formula is C45H37N4+3. The number of hydrogen-bond donors (Lipinski definition) is 0. The molecule has 0 bridgehead atoms. The molecule has 49 heavy (non-hydrogen) atoms. The topological polar surface area (TPSA) is 16.6 Å². The van der Waals surface area contributed by atoms with E-state index < -0.39 is 0 Å². The molecule has 0 N–H and O–H groups in total. The van der Waals surface area contributed by atoms with E-state index in [-0.39, 0.29) is 12.2 Å². The summed E-state index contributed by atoms with van der Waals surface area (Å²) in [6.07, 6.45) is 6.75. The molecule has 4 heteroatoms. The van der Waals surface area contributed by atoms with Gasteiger partial charge in [0, 0.05) is 75.9 Å². The van der Waals surface area contributed by atoms with E-state index >= 15 is 0 Å². The maximum Gasteiger partial charge on any atom is 0.381 e. The highest BCUT2D eigenvalue weighted by Gasteiger charge is 2.45. The van der Waals surface area contributed by atoms with Gasteiger partial charge in [-0.2, -0.15) is 4.57 Å². The lowest BCUT2D eigenvalue weighted by Gasteiger charge is -2.17. The third-order valence-corrected chi connectivity index (χ3v) is 10.6. The van der Waals surface area contributed by atoms with Crippen LogP contribution in [0.5, 0.6) is 0 Å². The summed E-state index contributed by atoms with van der Waals surface area (Å²) < 4.78 is 9.95. The van der Waals surface area contributed by atoms with Crippen LogP contribution in [-0.4, -0.2) is 4.57 Å². The lowest BCUT2D eigenvalue weighted by molar-refractivity contribution is -0.920. The van der Waals surface area contributed by atoms with Crippen LogP contribution < -0.4 is 13.7 Å². The summed E-state index contributed by atoms with van der Waals surface area (Å²) in [6, 6.07) is 51.6. The molecule has 2 aliphatic heterocycles. The monoisotopic (exact) mass is 633 g/mol. The van der Waals surface area contributed by atoms with Crippen LogP contribution in [0.3, 0.4) is 0 Å². The van der Waals surface area contributed by atoms with E-state index in [0.717, 1.165) is 6.54 Å². The molecule has 0 radical (unpaired) electrons. The highest BCUT2D eigenvalue weighted by atomic mass is 15.2. The van der Waals surface area contributed by atoms with Crippen LogP contribution in [0.1, 0.15) is 42.7 Å². The summed E-state index contributed by atoms with van der Waals surface area (Å²) in [7, 11) is 0. The summed E-state index contributed by atoms with van der Waals surface area (Å²) in [5.74, 6) is 0.514. The summed E-state index contributed by atoms with van der Waals surface area (Å²) in [5, 5.41) is 2.61. The SMILES string of the molecule is CC(C)Cn1c2ccccc2c2cc(-c3cccc[n+]3C3c4ccccc4-c4cccc[n+]43)c(C3c4ccccc4-c4cccc[n+]43)cc21. The Morgan fingerprint density at radius 1 is 0.490 bits per heavy atom. The zero-order valence-electron chi connectivity index (χ0n) is 27.7. The predicted molar refractivity (Wildman–Crippen MR) is 195 cm³/mol. The maximum absolute atomic E-state index is 2.55. The van der Waals surface area contributed by atoms with Crippen LogP contribution in [0.25, 0.3) is 55.6 Å². The van der Waals surface area contributed by atoms with Gasteiger partial charge < -0.3 is 4.57 Å². The number of benzene rings is 4. The van der Waals surface area contributed by atoms with Crippen LogP contribution in [-0.2, 0) is 6.54 Å². The van der Waals surface area contributed by atoms with E-state index in [0.29, 0.717) is 5.92 Å². The highest BCUT2D eigenvalue weighted by molar-refractivity contribution is 6.09. The minimum atomic E-state index is -0.00904. The van der Waals surface area contributed by atoms with Gasteiger partial charge in [0.15, 0.2) is 18.6 Å². The zero-order valence-corrected chi connectivity index (χ0v) is 27.7. The Morgan fingerprint density at radius 3 is 1.76 bits per heavy atom. The molecule has 4 aromatic heterocycles. The molecule has 8 aromatic rings. The normalized spacial score (nSPS) is 15.8. The first-order valence-electron chi connectivity index (χ1n) is 17.4. The standard InChI is InChI=1S/C45H37N4/c1-30(2)29-49-41-20-8-7-17-33(41)36-27-37(38(28-43(36)49)44-34-18-5-3-15-31(34)39-21-9-12-24-46(39)44)42-23-11-14-26-48(42)45-35-19-6-4-16-32(35)40-22-10-13-25-47(40)45/h3-28,30,44-45H,29H2,1-2H3/q+3. The van der Waals surface area contributed by atoms with Crippen molar-refractivity contribution < 1.29 is 13.7 Å². The average Bonchev–Trinajstić information content (AvgIpc) is 3.77. The average molecular weight is 634 g/mol. The van der Waals surface area contributed by atoms with E-state index in [1.807, 2.05) is 0 Å². The molecule has 10 rings (SSSR count). The lowest BCUT2D eigenvalue weighted by Crippen LogP contribution is -2.57. The number of nitrogens with zero attached hydrogens (tertiary/aromatic N) is 4. The van der Waals surface area contributed by atoms with Crippen LogP contribution in [0.15, 0.2) is 158 Å². The van der Waals surface area contributed by atoms with Gasteiger partial charge in [-0.25, -0.2) is 0 Å². The van der Waals surface area contributed by atoms with Crippen molar-refractivity contribution in [2.75, 3.05) is 0 Å². The minimum Gasteiger partial charge on any atom is -0.340 e. The van der Waals surface area contributed by atoms with Gasteiger partial charge >= 0.3 is 6.17 Å². The van der Waals surface area contributed by atoms with Crippen LogP contribution >= 0.6 is 0 Å². The number of para-hydroxylation sites is 1. The lowest BCUT2D eigenvalue weighted by atomic mass is 9.90. The second kappa shape index (κ2) is 10.8. The van der Waals surface area contributed by atoms with Crippen molar-refractivity contribution in [2.45, 2.75) is 32.6 Å². The molecule has 0 amide bonds. The quantitative estimate of drug-likeness (QED) is 0.169. The smallest absolute Gasteiger partial charge is 0.340 e. The molecule has 0 saturated heterocycles. The number of fused-ring (bicyclic) bond motifs is 9. The molecule has 6 heterocycles. The zero-order chi connectivity index (χ0) is 32.6. The molecule has 0 fully saturated rings. The summed E-state index contributed by atoms with van der Waals surface area (Å²) >= 11 is 0. The summed E-state index contributed by atoms with van der Waals surface area (Å²) in [6.45, 7) is 5.60. The highest BCUT2D eigenvalue weighted by Crippen LogP contribution is 2.43. The third kappa shape index (κ3) is 4.13. The molecule has 2 aliphatic rings. The van der Waals surface area contributed by atoms with Gasteiger partial charge in [0.25, 0.3) is 0 Å². The largest absolute Gasteiger partial charge is 0.381 e. The van der Waals surface area contributed by atoms with Crippen molar-refractivity contribution in [3.63, 3.8) is 0 Å². The van der Waals surface area contributed by atoms with E-state index in [2.05, 4.69) is 190 Å². The van der Waals surface area contributed by atoms with Gasteiger partial charge in [-0.15, -0.1) is 9.13 Å². The fraction of sp³-hybridized carbons (Fsp3) is 0.133. The van der Waals surface area contributed by atoms with Gasteiger partial charge in [0.2, 0.25) is 23.1 Å². The Balaban J connectivity index is 1.31. The van der Waals surface area contributed by atoms with Gasteiger partial charge in [0.05, 0.1) is 16.7 Å². The molecule has 4 nitrogen and oxygen atoms in total. The van der Waals surface area contributed by atoms with E-state index in [1.165, 1.54) is 72.3 Å². The second-order valence-electron chi connectivity index (χ2n) is 13.9. The fourth-order valence-corrected chi connectivity index (χ4v) is 8.65. The number of pyridine rings is 3. The van der Waals surface area contributed by atoms with Crippen LogP contribution in [0.2, 0.25) is 0 Å². The van der Waals surface area contributed by atoms with Crippen molar-refractivity contribution in [3.8, 4) is 33.8 Å². The molecule has 0 saturated carbocycles. The van der Waals surface area contributed by atoms with Crippen molar-refractivity contribution in [3.05, 3.63) is 175 Å². The van der Waals surface area contributed by atoms with Gasteiger partial charge in [-0.1, -0.05) is 62.4 Å². The first-order chi connectivity index (χ1) is 24.2. The Kier molecular flexibility index (Phi) is 6.22. The van der Waals surface area contributed by atoms with Gasteiger partial charge in [-0.3, -0.25) is 0 Å². The van der Waals surface area contributed by atoms with Crippen molar-refractivity contribution in [2.24, 2.45) is 5.92 Å². The van der Waals surface area contributed by atoms with E-state index in [4.69, 9.17) is 0 Å². The third-order valence-electron chi connectivity index (χ3n) is 10.6. The second-order valence-corrected chi connectivity index (χ2v) is 13.9. The van der Waals surface area contributed by atoms with Crippen molar-refractivity contribution >= 4 is 21.8 Å². The first kappa shape index (κ1) is 28.2. The molecule has 0 aliphatic carbocycles. The summed E-state index contributed by atoms with van der Waals surface area (Å²) in [5.41, 5.74) is 14.1. The predicted octanol–water partition coefficient (Wildman–Crippen LogP) is 8.67. The maximum atomic E-state index is 2.55. The summed E-state index contributed by atoms with van der Waals surface area (Å²) in [4.78, 5) is 0. The van der Waals surface area contributed by atoms with Crippen LogP contribution in [0.4, 0.5) is 0 Å².